The molecule has 0 atom stereocenters. The minimum absolute atomic E-state index is 0.138. The molecule has 1 aromatic heterocycles. The molecule has 0 saturated carbocycles. The van der Waals surface area contributed by atoms with Crippen molar-refractivity contribution in [3.8, 4) is 11.5 Å². The number of anilines is 1. The van der Waals surface area contributed by atoms with E-state index < -0.39 is 6.03 Å². The predicted octanol–water partition coefficient (Wildman–Crippen LogP) is 3.33. The van der Waals surface area contributed by atoms with Crippen molar-refractivity contribution in [3.63, 3.8) is 0 Å². The van der Waals surface area contributed by atoms with Crippen molar-refractivity contribution in [2.75, 3.05) is 46.2 Å². The molecular formula is C26H30N4O5. The van der Waals surface area contributed by atoms with Crippen LogP contribution < -0.4 is 20.1 Å². The average Bonchev–Trinajstić information content (AvgIpc) is 3.34. The number of nitrogens with one attached hydrogen (secondary N) is 2. The number of ether oxygens (including phenoxy) is 2. The molecule has 4 rings (SSSR count). The van der Waals surface area contributed by atoms with Gasteiger partial charge in [-0.15, -0.1) is 0 Å². The molecule has 184 valence electrons. The van der Waals surface area contributed by atoms with Crippen LogP contribution in [0.4, 0.5) is 10.5 Å². The van der Waals surface area contributed by atoms with Gasteiger partial charge in [0.2, 0.25) is 5.78 Å². The van der Waals surface area contributed by atoms with Crippen LogP contribution in [0.15, 0.2) is 48.4 Å². The topological polar surface area (TPSA) is 105 Å². The van der Waals surface area contributed by atoms with Crippen LogP contribution in [0.1, 0.15) is 22.3 Å². The number of fused-ring (bicyclic) bond motifs is 2. The summed E-state index contributed by atoms with van der Waals surface area (Å²) in [5, 5.41) is 15.0. The number of aromatic nitrogens is 1. The van der Waals surface area contributed by atoms with Gasteiger partial charge in [-0.05, 0) is 69.5 Å². The number of nitrogens with zero attached hydrogens (tertiary/aromatic N) is 2. The van der Waals surface area contributed by atoms with Gasteiger partial charge >= 0.3 is 6.03 Å². The standard InChI is InChI=1S/C26H30N4O5/c1-29(2)10-4-11-30-16-17(20-15-19(34-3)6-7-22(20)30)13-24-25(32)21-14-18(5-8-23(21)35-24)28-26(33)27-9-12-31/h5-8,13-16,31H,4,9-12H2,1-3H3,(H2,27,28,33)/b24-13-. The lowest BCUT2D eigenvalue weighted by Crippen LogP contribution is -2.30. The van der Waals surface area contributed by atoms with Gasteiger partial charge in [0.15, 0.2) is 5.76 Å². The highest BCUT2D eigenvalue weighted by Gasteiger charge is 2.28. The quantitative estimate of drug-likeness (QED) is 0.408. The zero-order valence-electron chi connectivity index (χ0n) is 20.1. The van der Waals surface area contributed by atoms with Gasteiger partial charge in [-0.2, -0.15) is 0 Å². The molecule has 0 spiro atoms. The van der Waals surface area contributed by atoms with Crippen LogP contribution in [0.3, 0.4) is 0 Å². The number of methoxy groups -OCH3 is 1. The number of rotatable bonds is 9. The van der Waals surface area contributed by atoms with E-state index in [4.69, 9.17) is 14.6 Å². The number of allylic oxidation sites excluding steroid dienone is 1. The number of carbonyl (C=O) groups is 2. The number of amides is 2. The van der Waals surface area contributed by atoms with Crippen molar-refractivity contribution in [3.05, 3.63) is 59.5 Å². The van der Waals surface area contributed by atoms with Crippen LogP contribution in [-0.2, 0) is 6.54 Å². The van der Waals surface area contributed by atoms with Crippen LogP contribution in [-0.4, -0.2) is 67.3 Å². The minimum Gasteiger partial charge on any atom is -0.497 e. The first-order valence-electron chi connectivity index (χ1n) is 11.4. The van der Waals surface area contributed by atoms with Gasteiger partial charge in [0, 0.05) is 41.4 Å². The molecule has 0 bridgehead atoms. The maximum absolute atomic E-state index is 13.1. The van der Waals surface area contributed by atoms with Crippen molar-refractivity contribution >= 4 is 34.5 Å². The Balaban J connectivity index is 1.61. The molecule has 2 aromatic carbocycles. The molecule has 2 amide bonds. The number of aliphatic hydroxyl groups is 1. The molecule has 0 radical (unpaired) electrons. The molecule has 0 fully saturated rings. The third kappa shape index (κ3) is 5.47. The minimum atomic E-state index is -0.461. The predicted molar refractivity (Wildman–Crippen MR) is 135 cm³/mol. The Hall–Kier alpha value is -3.82. The summed E-state index contributed by atoms with van der Waals surface area (Å²) in [6.45, 7) is 1.79. The van der Waals surface area contributed by atoms with Gasteiger partial charge < -0.3 is 34.7 Å². The Kier molecular flexibility index (Phi) is 7.38. The van der Waals surface area contributed by atoms with E-state index >= 15 is 0 Å². The normalized spacial score (nSPS) is 13.9. The lowest BCUT2D eigenvalue weighted by Gasteiger charge is -2.10. The zero-order valence-corrected chi connectivity index (χ0v) is 20.1. The molecular weight excluding hydrogens is 448 g/mol. The highest BCUT2D eigenvalue weighted by atomic mass is 16.5. The van der Waals surface area contributed by atoms with Gasteiger partial charge in [0.1, 0.15) is 11.5 Å². The van der Waals surface area contributed by atoms with Gasteiger partial charge in [0.25, 0.3) is 0 Å². The largest absolute Gasteiger partial charge is 0.497 e. The number of hydrogen-bond acceptors (Lipinski definition) is 6. The van der Waals surface area contributed by atoms with Crippen LogP contribution in [0.25, 0.3) is 17.0 Å². The number of benzene rings is 2. The first kappa shape index (κ1) is 24.3. The van der Waals surface area contributed by atoms with E-state index in [0.29, 0.717) is 17.0 Å². The Bertz CT molecular complexity index is 1280. The Morgan fingerprint density at radius 1 is 1.23 bits per heavy atom. The third-order valence-electron chi connectivity index (χ3n) is 5.73. The highest BCUT2D eigenvalue weighted by molar-refractivity contribution is 6.15. The fourth-order valence-corrected chi connectivity index (χ4v) is 4.04. The second-order valence-corrected chi connectivity index (χ2v) is 8.57. The molecule has 9 nitrogen and oxygen atoms in total. The van der Waals surface area contributed by atoms with Crippen LogP contribution in [0, 0.1) is 0 Å². The van der Waals surface area contributed by atoms with E-state index in [1.54, 1.807) is 31.4 Å². The van der Waals surface area contributed by atoms with E-state index in [2.05, 4.69) is 34.2 Å². The molecule has 0 unspecified atom stereocenters. The highest BCUT2D eigenvalue weighted by Crippen LogP contribution is 2.35. The van der Waals surface area contributed by atoms with Crippen molar-refractivity contribution in [1.29, 1.82) is 0 Å². The SMILES string of the molecule is COc1ccc2c(c1)c(/C=C1\Oc3ccc(NC(=O)NCCO)cc3C1=O)cn2CCCN(C)C. The molecule has 2 heterocycles. The number of carbonyl (C=O) groups excluding carboxylic acids is 2. The van der Waals surface area contributed by atoms with Gasteiger partial charge in [0.05, 0.1) is 19.3 Å². The van der Waals surface area contributed by atoms with Gasteiger partial charge in [-0.3, -0.25) is 4.79 Å². The van der Waals surface area contributed by atoms with Crippen molar-refractivity contribution in [1.82, 2.24) is 14.8 Å². The molecule has 9 heteroatoms. The number of hydrogen-bond donors (Lipinski definition) is 3. The van der Waals surface area contributed by atoms with Crippen LogP contribution in [0.5, 0.6) is 11.5 Å². The summed E-state index contributed by atoms with van der Waals surface area (Å²) < 4.78 is 13.5. The number of Topliss-reactive ketones (excluding diaryl/α,β-unsaturated/α-hetero) is 1. The summed E-state index contributed by atoms with van der Waals surface area (Å²) in [7, 11) is 5.73. The Labute approximate surface area is 203 Å². The second-order valence-electron chi connectivity index (χ2n) is 8.57. The number of aryl methyl sites for hydroxylation is 1. The summed E-state index contributed by atoms with van der Waals surface area (Å²) in [6, 6.07) is 10.4. The summed E-state index contributed by atoms with van der Waals surface area (Å²) >= 11 is 0. The maximum Gasteiger partial charge on any atom is 0.319 e. The Morgan fingerprint density at radius 2 is 2.06 bits per heavy atom. The van der Waals surface area contributed by atoms with Gasteiger partial charge in [-0.1, -0.05) is 0 Å². The van der Waals surface area contributed by atoms with E-state index in [0.717, 1.165) is 41.7 Å². The van der Waals surface area contributed by atoms with Crippen LogP contribution >= 0.6 is 0 Å². The monoisotopic (exact) mass is 478 g/mol. The molecule has 1 aliphatic rings. The number of aliphatic hydroxyl groups excluding tert-OH is 1. The first-order chi connectivity index (χ1) is 16.9. The summed E-state index contributed by atoms with van der Waals surface area (Å²) in [5.74, 6) is 1.14. The lowest BCUT2D eigenvalue weighted by atomic mass is 10.1. The van der Waals surface area contributed by atoms with Crippen molar-refractivity contribution in [2.24, 2.45) is 0 Å². The summed E-state index contributed by atoms with van der Waals surface area (Å²) in [4.78, 5) is 27.2. The summed E-state index contributed by atoms with van der Waals surface area (Å²) in [6.07, 6.45) is 4.78. The molecule has 35 heavy (non-hydrogen) atoms. The smallest absolute Gasteiger partial charge is 0.319 e. The molecule has 3 aromatic rings. The lowest BCUT2D eigenvalue weighted by molar-refractivity contribution is 0.101. The average molecular weight is 479 g/mol. The van der Waals surface area contributed by atoms with Crippen molar-refractivity contribution < 1.29 is 24.2 Å². The zero-order chi connectivity index (χ0) is 24.9. The van der Waals surface area contributed by atoms with E-state index in [-0.39, 0.29) is 24.7 Å². The number of ketones is 1. The molecule has 3 N–H and O–H groups in total. The summed E-state index contributed by atoms with van der Waals surface area (Å²) in [5.41, 5.74) is 2.75. The number of urea groups is 1. The first-order valence-corrected chi connectivity index (χ1v) is 11.4. The third-order valence-corrected chi connectivity index (χ3v) is 5.73. The molecule has 0 aliphatic carbocycles. The fourth-order valence-electron chi connectivity index (χ4n) is 4.04. The Morgan fingerprint density at radius 3 is 2.80 bits per heavy atom. The second kappa shape index (κ2) is 10.6. The van der Waals surface area contributed by atoms with Gasteiger partial charge in [-0.25, -0.2) is 4.79 Å². The van der Waals surface area contributed by atoms with Crippen molar-refractivity contribution in [2.45, 2.75) is 13.0 Å². The maximum atomic E-state index is 13.1. The van der Waals surface area contributed by atoms with E-state index in [1.165, 1.54) is 0 Å². The fraction of sp³-hybridized carbons (Fsp3) is 0.308. The van der Waals surface area contributed by atoms with E-state index in [9.17, 15) is 9.59 Å². The van der Waals surface area contributed by atoms with Crippen LogP contribution in [0.2, 0.25) is 0 Å². The molecule has 0 saturated heterocycles. The van der Waals surface area contributed by atoms with E-state index in [1.807, 2.05) is 24.4 Å². The molecule has 1 aliphatic heterocycles.